The number of nitrogens with zero attached hydrogens (tertiary/aromatic N) is 4. The van der Waals surface area contributed by atoms with Crippen LogP contribution in [0.25, 0.3) is 5.65 Å². The molecule has 3 aromatic heterocycles. The molecule has 8 heteroatoms. The zero-order valence-electron chi connectivity index (χ0n) is 17.6. The van der Waals surface area contributed by atoms with E-state index in [2.05, 4.69) is 25.7 Å². The van der Waals surface area contributed by atoms with Crippen molar-refractivity contribution in [1.82, 2.24) is 19.6 Å². The first kappa shape index (κ1) is 20.2. The maximum atomic E-state index is 13.1. The molecule has 8 nitrogen and oxygen atoms in total. The number of nitrogens with one attached hydrogen (secondary N) is 2. The van der Waals surface area contributed by atoms with Crippen molar-refractivity contribution in [3.05, 3.63) is 109 Å². The van der Waals surface area contributed by atoms with Crippen LogP contribution in [0.15, 0.2) is 97.6 Å². The molecule has 0 unspecified atom stereocenters. The molecule has 0 bridgehead atoms. The van der Waals surface area contributed by atoms with Gasteiger partial charge in [0.2, 0.25) is 0 Å². The first-order valence-electron chi connectivity index (χ1n) is 10.4. The number of hydrogen-bond acceptors (Lipinski definition) is 6. The molecule has 0 aliphatic heterocycles. The third kappa shape index (κ3) is 4.64. The second kappa shape index (κ2) is 9.19. The molecule has 0 aliphatic carbocycles. The highest BCUT2D eigenvalue weighted by molar-refractivity contribution is 6.08. The van der Waals surface area contributed by atoms with Gasteiger partial charge in [-0.1, -0.05) is 36.4 Å². The van der Waals surface area contributed by atoms with E-state index < -0.39 is 0 Å². The van der Waals surface area contributed by atoms with E-state index in [0.717, 1.165) is 5.56 Å². The van der Waals surface area contributed by atoms with Gasteiger partial charge in [0.15, 0.2) is 11.4 Å². The van der Waals surface area contributed by atoms with E-state index in [-0.39, 0.29) is 5.91 Å². The summed E-state index contributed by atoms with van der Waals surface area (Å²) in [5.41, 5.74) is 2.39. The zero-order valence-corrected chi connectivity index (χ0v) is 17.6. The van der Waals surface area contributed by atoms with Gasteiger partial charge in [-0.2, -0.15) is 5.10 Å². The second-order valence-electron chi connectivity index (χ2n) is 7.22. The quantitative estimate of drug-likeness (QED) is 0.381. The Labute approximate surface area is 189 Å². The number of pyridine rings is 1. The summed E-state index contributed by atoms with van der Waals surface area (Å²) < 4.78 is 7.51. The summed E-state index contributed by atoms with van der Waals surface area (Å²) in [6, 6.07) is 22.3. The van der Waals surface area contributed by atoms with Crippen molar-refractivity contribution in [2.45, 2.75) is 6.54 Å². The monoisotopic (exact) mass is 436 g/mol. The van der Waals surface area contributed by atoms with Crippen molar-refractivity contribution in [2.75, 3.05) is 10.6 Å². The molecule has 1 amide bonds. The molecule has 162 valence electrons. The van der Waals surface area contributed by atoms with E-state index in [4.69, 9.17) is 4.74 Å². The largest absolute Gasteiger partial charge is 0.455 e. The van der Waals surface area contributed by atoms with Crippen LogP contribution in [0, 0.1) is 0 Å². The fourth-order valence-corrected chi connectivity index (χ4v) is 3.29. The van der Waals surface area contributed by atoms with Gasteiger partial charge in [-0.05, 0) is 42.0 Å². The number of para-hydroxylation sites is 3. The maximum Gasteiger partial charge on any atom is 0.261 e. The number of ether oxygens (including phenoxy) is 1. The van der Waals surface area contributed by atoms with Crippen molar-refractivity contribution in [3.8, 4) is 11.5 Å². The van der Waals surface area contributed by atoms with Gasteiger partial charge in [0.05, 0.1) is 11.9 Å². The standard InChI is InChI=1S/C25H20N6O2/c32-25(29-21-10-4-5-11-22(21)33-19-8-2-1-3-9-19)20-17-28-31-14-12-23(30-24(20)31)27-16-18-7-6-13-26-15-18/h1-15,17H,16H2,(H,27,30)(H,29,32). The predicted octanol–water partition coefficient (Wildman–Crippen LogP) is 4.78. The lowest BCUT2D eigenvalue weighted by Gasteiger charge is -2.12. The first-order valence-corrected chi connectivity index (χ1v) is 10.4. The number of aromatic nitrogens is 4. The molecule has 0 aliphatic rings. The molecule has 0 spiro atoms. The van der Waals surface area contributed by atoms with Crippen molar-refractivity contribution >= 4 is 23.1 Å². The highest BCUT2D eigenvalue weighted by atomic mass is 16.5. The summed E-state index contributed by atoms with van der Waals surface area (Å²) >= 11 is 0. The molecule has 5 aromatic rings. The van der Waals surface area contributed by atoms with E-state index in [0.29, 0.717) is 40.8 Å². The molecule has 33 heavy (non-hydrogen) atoms. The Morgan fingerprint density at radius 3 is 2.64 bits per heavy atom. The first-order chi connectivity index (χ1) is 16.3. The third-order valence-corrected chi connectivity index (χ3v) is 4.92. The van der Waals surface area contributed by atoms with Crippen LogP contribution in [0.2, 0.25) is 0 Å². The van der Waals surface area contributed by atoms with E-state index in [1.807, 2.05) is 54.6 Å². The number of carbonyl (C=O) groups is 1. The summed E-state index contributed by atoms with van der Waals surface area (Å²) in [5.74, 6) is 1.53. The van der Waals surface area contributed by atoms with Gasteiger partial charge in [-0.3, -0.25) is 9.78 Å². The zero-order chi connectivity index (χ0) is 22.5. The lowest BCUT2D eigenvalue weighted by atomic mass is 10.2. The number of fused-ring (bicyclic) bond motifs is 1. The van der Waals surface area contributed by atoms with Crippen LogP contribution in [0.3, 0.4) is 0 Å². The normalized spacial score (nSPS) is 10.7. The van der Waals surface area contributed by atoms with Gasteiger partial charge < -0.3 is 15.4 Å². The third-order valence-electron chi connectivity index (χ3n) is 4.92. The van der Waals surface area contributed by atoms with Crippen LogP contribution in [0.1, 0.15) is 15.9 Å². The van der Waals surface area contributed by atoms with Crippen molar-refractivity contribution in [3.63, 3.8) is 0 Å². The molecule has 0 radical (unpaired) electrons. The fourth-order valence-electron chi connectivity index (χ4n) is 3.29. The van der Waals surface area contributed by atoms with E-state index in [9.17, 15) is 4.79 Å². The smallest absolute Gasteiger partial charge is 0.261 e. The molecule has 3 heterocycles. The van der Waals surface area contributed by atoms with Gasteiger partial charge in [-0.25, -0.2) is 9.50 Å². The fraction of sp³-hybridized carbons (Fsp3) is 0.0400. The van der Waals surface area contributed by atoms with Gasteiger partial charge in [0.1, 0.15) is 17.1 Å². The van der Waals surface area contributed by atoms with E-state index in [1.165, 1.54) is 6.20 Å². The van der Waals surface area contributed by atoms with Crippen LogP contribution in [0.5, 0.6) is 11.5 Å². The molecule has 0 atom stereocenters. The molecule has 0 saturated heterocycles. The summed E-state index contributed by atoms with van der Waals surface area (Å²) in [4.78, 5) is 21.8. The van der Waals surface area contributed by atoms with Crippen molar-refractivity contribution in [2.24, 2.45) is 0 Å². The van der Waals surface area contributed by atoms with E-state index >= 15 is 0 Å². The van der Waals surface area contributed by atoms with Crippen LogP contribution in [-0.4, -0.2) is 25.5 Å². The molecule has 2 aromatic carbocycles. The Bertz CT molecular complexity index is 1390. The molecule has 5 rings (SSSR count). The average Bonchev–Trinajstić information content (AvgIpc) is 3.29. The minimum atomic E-state index is -0.328. The van der Waals surface area contributed by atoms with E-state index in [1.54, 1.807) is 41.3 Å². The van der Waals surface area contributed by atoms with Gasteiger partial charge in [-0.15, -0.1) is 0 Å². The highest BCUT2D eigenvalue weighted by Gasteiger charge is 2.17. The maximum absolute atomic E-state index is 13.1. The summed E-state index contributed by atoms with van der Waals surface area (Å²) in [6.45, 7) is 0.566. The highest BCUT2D eigenvalue weighted by Crippen LogP contribution is 2.29. The SMILES string of the molecule is O=C(Nc1ccccc1Oc1ccccc1)c1cnn2ccc(NCc3cccnc3)nc12. The molecule has 2 N–H and O–H groups in total. The van der Waals surface area contributed by atoms with Crippen molar-refractivity contribution < 1.29 is 9.53 Å². The molecule has 0 saturated carbocycles. The Hall–Kier alpha value is -4.72. The van der Waals surface area contributed by atoms with Gasteiger partial charge in [0, 0.05) is 25.1 Å². The lowest BCUT2D eigenvalue weighted by Crippen LogP contribution is -2.13. The number of rotatable bonds is 7. The van der Waals surface area contributed by atoms with Crippen LogP contribution in [0.4, 0.5) is 11.5 Å². The lowest BCUT2D eigenvalue weighted by molar-refractivity contribution is 0.102. The van der Waals surface area contributed by atoms with Crippen LogP contribution in [-0.2, 0) is 6.54 Å². The number of carbonyl (C=O) groups excluding carboxylic acids is 1. The van der Waals surface area contributed by atoms with Gasteiger partial charge in [0.25, 0.3) is 5.91 Å². The molecular formula is C25H20N6O2. The number of hydrogen-bond donors (Lipinski definition) is 2. The topological polar surface area (TPSA) is 93.4 Å². The Morgan fingerprint density at radius 1 is 0.939 bits per heavy atom. The number of amides is 1. The second-order valence-corrected chi connectivity index (χ2v) is 7.22. The summed E-state index contributed by atoms with van der Waals surface area (Å²) in [6.07, 6.45) is 6.78. The average molecular weight is 436 g/mol. The van der Waals surface area contributed by atoms with Crippen LogP contribution < -0.4 is 15.4 Å². The minimum absolute atomic E-state index is 0.328. The van der Waals surface area contributed by atoms with Gasteiger partial charge >= 0.3 is 0 Å². The molecule has 0 fully saturated rings. The summed E-state index contributed by atoms with van der Waals surface area (Å²) in [5, 5.41) is 10.4. The minimum Gasteiger partial charge on any atom is -0.455 e. The molecular weight excluding hydrogens is 416 g/mol. The Balaban J connectivity index is 1.36. The number of anilines is 2. The van der Waals surface area contributed by atoms with Crippen LogP contribution >= 0.6 is 0 Å². The summed E-state index contributed by atoms with van der Waals surface area (Å²) in [7, 11) is 0. The Morgan fingerprint density at radius 2 is 1.79 bits per heavy atom. The number of benzene rings is 2. The predicted molar refractivity (Wildman–Crippen MR) is 125 cm³/mol. The van der Waals surface area contributed by atoms with Crippen molar-refractivity contribution in [1.29, 1.82) is 0 Å². The Kier molecular flexibility index (Phi) is 5.62.